The fourth-order valence-corrected chi connectivity index (χ4v) is 1.44. The van der Waals surface area contributed by atoms with E-state index in [9.17, 15) is 9.90 Å². The molecule has 1 aromatic heterocycles. The molecular weight excluding hydrogens is 277 g/mol. The summed E-state index contributed by atoms with van der Waals surface area (Å²) in [5.74, 6) is -1.81. The van der Waals surface area contributed by atoms with Crippen molar-refractivity contribution in [3.63, 3.8) is 0 Å². The number of carbonyl (C=O) groups is 1. The third kappa shape index (κ3) is 2.26. The first-order valence-electron chi connectivity index (χ1n) is 3.45. The number of carboxylic acid groups (broad SMARTS) is 1. The number of hydrogen-bond acceptors (Lipinski definition) is 4. The normalized spacial score (nSPS) is 9.79. The number of aromatic nitrogens is 1. The minimum absolute atomic E-state index is 0. The van der Waals surface area contributed by atoms with Gasteiger partial charge in [0.05, 0.1) is 4.47 Å². The second-order valence-corrected chi connectivity index (χ2v) is 3.25. The number of hydrogen-bond donors (Lipinski definition) is 0. The van der Waals surface area contributed by atoms with Gasteiger partial charge in [-0.2, -0.15) is 0 Å². The van der Waals surface area contributed by atoms with Gasteiger partial charge in [-0.3, -0.25) is 0 Å². The molecule has 0 saturated carbocycles. The number of fused-ring (bicyclic) bond motifs is 1. The Morgan fingerprint density at radius 1 is 1.50 bits per heavy atom. The maximum atomic E-state index is 10.4. The average Bonchev–Trinajstić information content (AvgIpc) is 2.49. The molecule has 2 rings (SSSR count). The molecule has 1 heterocycles. The maximum Gasteiger partial charge on any atom is 1.00 e. The quantitative estimate of drug-likeness (QED) is 0.564. The number of rotatable bonds is 1. The van der Waals surface area contributed by atoms with Crippen LogP contribution in [0.25, 0.3) is 11.1 Å². The molecule has 0 aliphatic heterocycles. The molecule has 4 nitrogen and oxygen atoms in total. The third-order valence-corrected chi connectivity index (χ3v) is 2.17. The number of carbonyl (C=O) groups excluding carboxylic acids is 1. The second-order valence-electron chi connectivity index (χ2n) is 2.39. The van der Waals surface area contributed by atoms with Crippen molar-refractivity contribution < 1.29 is 65.7 Å². The van der Waals surface area contributed by atoms with Gasteiger partial charge in [-0.15, -0.1) is 0 Å². The summed E-state index contributed by atoms with van der Waals surface area (Å²) in [5.41, 5.74) is 0.912. The minimum Gasteiger partial charge on any atom is -0.540 e. The summed E-state index contributed by atoms with van der Waals surface area (Å²) in [6.07, 6.45) is 0. The van der Waals surface area contributed by atoms with Gasteiger partial charge in [-0.05, 0) is 28.1 Å². The molecule has 0 N–H and O–H groups in total. The van der Waals surface area contributed by atoms with E-state index in [0.29, 0.717) is 15.6 Å². The van der Waals surface area contributed by atoms with Crippen LogP contribution in [0, 0.1) is 0 Å². The van der Waals surface area contributed by atoms with E-state index < -0.39 is 11.9 Å². The summed E-state index contributed by atoms with van der Waals surface area (Å²) in [7, 11) is 0. The van der Waals surface area contributed by atoms with E-state index in [1.807, 2.05) is 0 Å². The van der Waals surface area contributed by atoms with Gasteiger partial charge in [0.25, 0.3) is 0 Å². The van der Waals surface area contributed by atoms with Crippen LogP contribution < -0.4 is 56.5 Å². The molecule has 14 heavy (non-hydrogen) atoms. The minimum atomic E-state index is -1.41. The van der Waals surface area contributed by atoms with E-state index in [-0.39, 0.29) is 51.4 Å². The molecule has 2 aromatic rings. The van der Waals surface area contributed by atoms with Crippen LogP contribution in [0.2, 0.25) is 0 Å². The fourth-order valence-electron chi connectivity index (χ4n) is 1.00. The average molecular weight is 280 g/mol. The van der Waals surface area contributed by atoms with Crippen LogP contribution >= 0.6 is 15.9 Å². The van der Waals surface area contributed by atoms with Gasteiger partial charge >= 0.3 is 51.4 Å². The molecule has 0 bridgehead atoms. The Hall–Kier alpha value is 0.276. The molecule has 0 amide bonds. The van der Waals surface area contributed by atoms with Gasteiger partial charge in [0.1, 0.15) is 11.5 Å². The number of nitrogens with zero attached hydrogens (tertiary/aromatic N) is 1. The molecule has 0 unspecified atom stereocenters. The largest absolute Gasteiger partial charge is 1.00 e. The van der Waals surface area contributed by atoms with Crippen molar-refractivity contribution in [2.45, 2.75) is 0 Å². The van der Waals surface area contributed by atoms with Crippen molar-refractivity contribution in [3.8, 4) is 0 Å². The standard InChI is InChI=1S/C8H4BrNO3.K/c9-4-2-1-3-5-6(4)13-7(10-5)8(11)12;/h1-3H,(H,11,12);/q;+1/p-1. The van der Waals surface area contributed by atoms with Crippen LogP contribution in [0.5, 0.6) is 0 Å². The Bertz CT molecular complexity index is 482. The van der Waals surface area contributed by atoms with Crippen LogP contribution in [0.1, 0.15) is 10.7 Å². The van der Waals surface area contributed by atoms with Crippen molar-refractivity contribution in [3.05, 3.63) is 28.6 Å². The van der Waals surface area contributed by atoms with E-state index in [4.69, 9.17) is 4.42 Å². The van der Waals surface area contributed by atoms with Crippen molar-refractivity contribution in [2.75, 3.05) is 0 Å². The Balaban J connectivity index is 0.000000980. The molecular formula is C8H3BrKNO3. The smallest absolute Gasteiger partial charge is 0.540 e. The molecule has 1 aromatic carbocycles. The Morgan fingerprint density at radius 2 is 2.21 bits per heavy atom. The van der Waals surface area contributed by atoms with Crippen LogP contribution in [-0.4, -0.2) is 11.0 Å². The summed E-state index contributed by atoms with van der Waals surface area (Å²) in [5, 5.41) is 10.4. The number of carboxylic acids is 1. The van der Waals surface area contributed by atoms with Crippen LogP contribution in [0.4, 0.5) is 0 Å². The van der Waals surface area contributed by atoms with Crippen molar-refractivity contribution in [2.24, 2.45) is 0 Å². The van der Waals surface area contributed by atoms with Crippen molar-refractivity contribution >= 4 is 33.0 Å². The van der Waals surface area contributed by atoms with Gasteiger partial charge in [0.2, 0.25) is 5.89 Å². The van der Waals surface area contributed by atoms with E-state index in [0.717, 1.165) is 0 Å². The monoisotopic (exact) mass is 279 g/mol. The third-order valence-electron chi connectivity index (χ3n) is 1.54. The Kier molecular flexibility index (Phi) is 4.29. The van der Waals surface area contributed by atoms with Crippen molar-refractivity contribution in [1.29, 1.82) is 0 Å². The molecule has 0 aliphatic carbocycles. The van der Waals surface area contributed by atoms with Gasteiger partial charge in [-0.1, -0.05) is 6.07 Å². The van der Waals surface area contributed by atoms with E-state index in [1.54, 1.807) is 18.2 Å². The number of para-hydroxylation sites is 1. The summed E-state index contributed by atoms with van der Waals surface area (Å²) < 4.78 is 5.61. The predicted octanol–water partition coefficient (Wildman–Crippen LogP) is -2.04. The van der Waals surface area contributed by atoms with Crippen LogP contribution in [-0.2, 0) is 0 Å². The van der Waals surface area contributed by atoms with Crippen LogP contribution in [0.3, 0.4) is 0 Å². The SMILES string of the molecule is O=C([O-])c1nc2cccc(Br)c2o1.[K+]. The Morgan fingerprint density at radius 3 is 2.79 bits per heavy atom. The van der Waals surface area contributed by atoms with Crippen molar-refractivity contribution in [1.82, 2.24) is 4.98 Å². The molecule has 0 saturated heterocycles. The van der Waals surface area contributed by atoms with Gasteiger partial charge < -0.3 is 14.3 Å². The van der Waals surface area contributed by atoms with Gasteiger partial charge in [0.15, 0.2) is 5.58 Å². The summed E-state index contributed by atoms with van der Waals surface area (Å²) in [6.45, 7) is 0. The Labute approximate surface area is 130 Å². The molecule has 0 radical (unpaired) electrons. The molecule has 66 valence electrons. The summed E-state index contributed by atoms with van der Waals surface area (Å²) >= 11 is 3.21. The van der Waals surface area contributed by atoms with Gasteiger partial charge in [0, 0.05) is 0 Å². The number of benzene rings is 1. The number of oxazole rings is 1. The topological polar surface area (TPSA) is 66.2 Å². The zero-order valence-electron chi connectivity index (χ0n) is 7.28. The fraction of sp³-hybridized carbons (Fsp3) is 0. The molecule has 0 atom stereocenters. The van der Waals surface area contributed by atoms with E-state index in [1.165, 1.54) is 0 Å². The van der Waals surface area contributed by atoms with Crippen LogP contribution in [0.15, 0.2) is 27.1 Å². The summed E-state index contributed by atoms with van der Waals surface area (Å²) in [6, 6.07) is 5.15. The van der Waals surface area contributed by atoms with E-state index in [2.05, 4.69) is 20.9 Å². The summed E-state index contributed by atoms with van der Waals surface area (Å²) in [4.78, 5) is 14.1. The zero-order chi connectivity index (χ0) is 9.42. The van der Waals surface area contributed by atoms with Gasteiger partial charge in [-0.25, -0.2) is 4.98 Å². The first-order valence-corrected chi connectivity index (χ1v) is 4.24. The number of aromatic carboxylic acids is 1. The molecule has 0 spiro atoms. The number of halogens is 1. The zero-order valence-corrected chi connectivity index (χ0v) is 12.0. The van der Waals surface area contributed by atoms with E-state index >= 15 is 0 Å². The maximum absolute atomic E-state index is 10.4. The first kappa shape index (κ1) is 12.3. The predicted molar refractivity (Wildman–Crippen MR) is 46.0 cm³/mol. The molecule has 6 heteroatoms. The molecule has 0 aliphatic rings. The second kappa shape index (κ2) is 4.87. The molecule has 0 fully saturated rings. The first-order chi connectivity index (χ1) is 6.18.